The zero-order valence-electron chi connectivity index (χ0n) is 18.5. The normalized spacial score (nSPS) is 14.5. The van der Waals surface area contributed by atoms with Crippen molar-refractivity contribution in [2.45, 2.75) is 6.92 Å². The van der Waals surface area contributed by atoms with Crippen molar-refractivity contribution in [1.29, 1.82) is 0 Å². The third kappa shape index (κ3) is 4.37. The molecule has 0 spiro atoms. The maximum absolute atomic E-state index is 11.2. The topological polar surface area (TPSA) is 87.4 Å². The van der Waals surface area contributed by atoms with Crippen molar-refractivity contribution in [2.75, 3.05) is 43.4 Å². The van der Waals surface area contributed by atoms with Gasteiger partial charge in [0.25, 0.3) is 5.69 Å². The van der Waals surface area contributed by atoms with Crippen LogP contribution in [0.2, 0.25) is 0 Å². The van der Waals surface area contributed by atoms with E-state index < -0.39 is 0 Å². The first kappa shape index (κ1) is 21.3. The maximum Gasteiger partial charge on any atom is 0.270 e. The molecule has 2 aromatic heterocycles. The van der Waals surface area contributed by atoms with Crippen molar-refractivity contribution >= 4 is 44.6 Å². The van der Waals surface area contributed by atoms with Crippen LogP contribution >= 0.6 is 11.3 Å². The minimum absolute atomic E-state index is 0.0651. The number of piperazine rings is 1. The van der Waals surface area contributed by atoms with Crippen molar-refractivity contribution in [3.63, 3.8) is 0 Å². The van der Waals surface area contributed by atoms with Crippen LogP contribution in [0.1, 0.15) is 5.56 Å². The lowest BCUT2D eigenvalue weighted by molar-refractivity contribution is -0.384. The van der Waals surface area contributed by atoms with E-state index in [4.69, 9.17) is 4.98 Å². The van der Waals surface area contributed by atoms with Crippen LogP contribution in [0.25, 0.3) is 21.3 Å². The predicted octanol–water partition coefficient (Wildman–Crippen LogP) is 5.07. The standard InChI is InChI=1S/C24H24N6O2S/c1-16-12-18(29-10-8-28(2)9-11-29)6-7-21(16)26-24-25-14-22-23(27-24)20(15-33-22)17-4-3-5-19(13-17)30(31)32/h3-7,12-15H,8-11H2,1-2H3,(H,25,26,27). The van der Waals surface area contributed by atoms with E-state index in [0.29, 0.717) is 5.95 Å². The third-order valence-corrected chi connectivity index (χ3v) is 6.91. The van der Waals surface area contributed by atoms with Crippen LogP contribution < -0.4 is 10.2 Å². The number of rotatable bonds is 5. The number of nitro groups is 1. The molecule has 0 radical (unpaired) electrons. The number of nitrogens with one attached hydrogen (secondary N) is 1. The second-order valence-corrected chi connectivity index (χ2v) is 9.19. The summed E-state index contributed by atoms with van der Waals surface area (Å²) in [4.78, 5) is 24.8. The van der Waals surface area contributed by atoms with Crippen LogP contribution in [0, 0.1) is 17.0 Å². The lowest BCUT2D eigenvalue weighted by atomic mass is 10.1. The Labute approximate surface area is 195 Å². The van der Waals surface area contributed by atoms with E-state index in [2.05, 4.69) is 52.3 Å². The highest BCUT2D eigenvalue weighted by Crippen LogP contribution is 2.35. The van der Waals surface area contributed by atoms with E-state index in [9.17, 15) is 10.1 Å². The average Bonchev–Trinajstić information content (AvgIpc) is 3.24. The Kier molecular flexibility index (Phi) is 5.65. The van der Waals surface area contributed by atoms with Gasteiger partial charge in [0.2, 0.25) is 5.95 Å². The van der Waals surface area contributed by atoms with E-state index in [1.165, 1.54) is 23.1 Å². The Bertz CT molecular complexity index is 1330. The van der Waals surface area contributed by atoms with Gasteiger partial charge in [0.05, 0.1) is 21.3 Å². The Hall–Kier alpha value is -3.56. The molecule has 0 aliphatic carbocycles. The quantitative estimate of drug-likeness (QED) is 0.329. The number of hydrogen-bond donors (Lipinski definition) is 1. The summed E-state index contributed by atoms with van der Waals surface area (Å²) in [5.41, 5.74) is 5.80. The molecule has 0 unspecified atom stereocenters. The Balaban J connectivity index is 1.41. The Morgan fingerprint density at radius 1 is 1.12 bits per heavy atom. The van der Waals surface area contributed by atoms with Crippen molar-refractivity contribution in [1.82, 2.24) is 14.9 Å². The summed E-state index contributed by atoms with van der Waals surface area (Å²) in [6, 6.07) is 13.1. The molecule has 0 amide bonds. The lowest BCUT2D eigenvalue weighted by Gasteiger charge is -2.34. The Morgan fingerprint density at radius 3 is 2.70 bits per heavy atom. The molecule has 1 aliphatic rings. The molecule has 1 aliphatic heterocycles. The second kappa shape index (κ2) is 8.76. The Morgan fingerprint density at radius 2 is 1.94 bits per heavy atom. The third-order valence-electron chi connectivity index (χ3n) is 6.01. The van der Waals surface area contributed by atoms with Gasteiger partial charge in [-0.25, -0.2) is 9.97 Å². The number of hydrogen-bond acceptors (Lipinski definition) is 8. The number of thiophene rings is 1. The number of benzene rings is 2. The highest BCUT2D eigenvalue weighted by atomic mass is 32.1. The first-order valence-corrected chi connectivity index (χ1v) is 11.7. The van der Waals surface area contributed by atoms with Gasteiger partial charge < -0.3 is 15.1 Å². The average molecular weight is 461 g/mol. The van der Waals surface area contributed by atoms with Gasteiger partial charge in [-0.1, -0.05) is 12.1 Å². The summed E-state index contributed by atoms with van der Waals surface area (Å²) in [5, 5.41) is 16.5. The van der Waals surface area contributed by atoms with Gasteiger partial charge in [-0.15, -0.1) is 11.3 Å². The van der Waals surface area contributed by atoms with E-state index in [1.54, 1.807) is 18.3 Å². The molecule has 1 saturated heterocycles. The molecule has 0 atom stereocenters. The molecule has 9 heteroatoms. The van der Waals surface area contributed by atoms with Crippen LogP contribution in [0.15, 0.2) is 54.0 Å². The smallest absolute Gasteiger partial charge is 0.270 e. The number of aromatic nitrogens is 2. The number of non-ortho nitro benzene ring substituents is 1. The molecular weight excluding hydrogens is 436 g/mol. The molecule has 2 aromatic carbocycles. The van der Waals surface area contributed by atoms with Crippen molar-refractivity contribution in [2.24, 2.45) is 0 Å². The van der Waals surface area contributed by atoms with Gasteiger partial charge in [0.15, 0.2) is 0 Å². The molecule has 168 valence electrons. The summed E-state index contributed by atoms with van der Waals surface area (Å²) in [6.07, 6.45) is 1.80. The molecule has 4 aromatic rings. The zero-order chi connectivity index (χ0) is 22.9. The molecule has 3 heterocycles. The summed E-state index contributed by atoms with van der Waals surface area (Å²) in [7, 11) is 2.16. The van der Waals surface area contributed by atoms with Gasteiger partial charge in [-0.3, -0.25) is 10.1 Å². The largest absolute Gasteiger partial charge is 0.369 e. The zero-order valence-corrected chi connectivity index (χ0v) is 19.3. The van der Waals surface area contributed by atoms with E-state index in [0.717, 1.165) is 58.8 Å². The fourth-order valence-corrected chi connectivity index (χ4v) is 4.92. The van der Waals surface area contributed by atoms with Crippen LogP contribution in [0.3, 0.4) is 0 Å². The van der Waals surface area contributed by atoms with Gasteiger partial charge >= 0.3 is 0 Å². The lowest BCUT2D eigenvalue weighted by Crippen LogP contribution is -2.44. The van der Waals surface area contributed by atoms with Gasteiger partial charge in [-0.05, 0) is 43.3 Å². The number of aryl methyl sites for hydroxylation is 1. The van der Waals surface area contributed by atoms with Crippen LogP contribution in [0.5, 0.6) is 0 Å². The highest BCUT2D eigenvalue weighted by Gasteiger charge is 2.16. The fraction of sp³-hybridized carbons (Fsp3) is 0.250. The number of nitrogens with zero attached hydrogens (tertiary/aromatic N) is 5. The van der Waals surface area contributed by atoms with Crippen molar-refractivity contribution in [3.05, 3.63) is 69.7 Å². The van der Waals surface area contributed by atoms with Crippen LogP contribution in [-0.4, -0.2) is 53.0 Å². The van der Waals surface area contributed by atoms with Crippen LogP contribution in [0.4, 0.5) is 23.0 Å². The number of likely N-dealkylation sites (N-methyl/N-ethyl adjacent to an activating group) is 1. The van der Waals surface area contributed by atoms with Gasteiger partial charge in [0, 0.05) is 60.6 Å². The second-order valence-electron chi connectivity index (χ2n) is 8.28. The molecule has 5 rings (SSSR count). The fourth-order valence-electron chi connectivity index (χ4n) is 4.05. The van der Waals surface area contributed by atoms with Gasteiger partial charge in [-0.2, -0.15) is 0 Å². The summed E-state index contributed by atoms with van der Waals surface area (Å²) < 4.78 is 0.934. The molecule has 0 saturated carbocycles. The molecule has 33 heavy (non-hydrogen) atoms. The predicted molar refractivity (Wildman–Crippen MR) is 134 cm³/mol. The minimum Gasteiger partial charge on any atom is -0.369 e. The monoisotopic (exact) mass is 460 g/mol. The van der Waals surface area contributed by atoms with E-state index >= 15 is 0 Å². The summed E-state index contributed by atoms with van der Waals surface area (Å²) in [5.74, 6) is 0.503. The van der Waals surface area contributed by atoms with Crippen LogP contribution in [-0.2, 0) is 0 Å². The minimum atomic E-state index is -0.380. The number of anilines is 3. The molecule has 1 N–H and O–H groups in total. The number of nitro benzene ring substituents is 1. The molecule has 8 nitrogen and oxygen atoms in total. The maximum atomic E-state index is 11.2. The van der Waals surface area contributed by atoms with E-state index in [-0.39, 0.29) is 10.6 Å². The summed E-state index contributed by atoms with van der Waals surface area (Å²) >= 11 is 1.53. The molecule has 0 bridgehead atoms. The van der Waals surface area contributed by atoms with Crippen molar-refractivity contribution < 1.29 is 4.92 Å². The first-order valence-electron chi connectivity index (χ1n) is 10.8. The van der Waals surface area contributed by atoms with E-state index in [1.807, 2.05) is 11.4 Å². The SMILES string of the molecule is Cc1cc(N2CCN(C)CC2)ccc1Nc1ncc2scc(-c3cccc([N+](=O)[O-])c3)c2n1. The molecule has 1 fully saturated rings. The van der Waals surface area contributed by atoms with Gasteiger partial charge in [0.1, 0.15) is 0 Å². The number of fused-ring (bicyclic) bond motifs is 1. The first-order chi connectivity index (χ1) is 16.0. The molecular formula is C24H24N6O2S. The highest BCUT2D eigenvalue weighted by molar-refractivity contribution is 7.17. The van der Waals surface area contributed by atoms with Crippen molar-refractivity contribution in [3.8, 4) is 11.1 Å². The summed E-state index contributed by atoms with van der Waals surface area (Å²) in [6.45, 7) is 6.28.